The van der Waals surface area contributed by atoms with Crippen LogP contribution < -0.4 is 16.0 Å². The van der Waals surface area contributed by atoms with E-state index in [1.165, 1.54) is 16.9 Å². The third-order valence-corrected chi connectivity index (χ3v) is 6.19. The Balaban J connectivity index is 1.17. The molecule has 0 radical (unpaired) electrons. The van der Waals surface area contributed by atoms with Crippen LogP contribution in [-0.2, 0) is 13.0 Å². The zero-order valence-electron chi connectivity index (χ0n) is 16.8. The topological polar surface area (TPSA) is 83.1 Å². The van der Waals surface area contributed by atoms with Gasteiger partial charge in [0.1, 0.15) is 10.7 Å². The first-order valence-electron chi connectivity index (χ1n) is 10.1. The fourth-order valence-electron chi connectivity index (χ4n) is 3.40. The van der Waals surface area contributed by atoms with Crippen molar-refractivity contribution in [1.82, 2.24) is 20.9 Å². The van der Waals surface area contributed by atoms with Gasteiger partial charge >= 0.3 is 6.03 Å². The van der Waals surface area contributed by atoms with Crippen LogP contribution in [0.15, 0.2) is 60.0 Å². The monoisotopic (exact) mass is 454 g/mol. The summed E-state index contributed by atoms with van der Waals surface area (Å²) in [6.45, 7) is 0.783. The lowest BCUT2D eigenvalue weighted by Crippen LogP contribution is -2.36. The largest absolute Gasteiger partial charge is 0.350 e. The number of nitrogens with zero attached hydrogens (tertiary/aromatic N) is 1. The molecule has 0 aliphatic heterocycles. The highest BCUT2D eigenvalue weighted by Crippen LogP contribution is 2.40. The number of benzene rings is 2. The molecule has 0 bridgehead atoms. The fourth-order valence-corrected chi connectivity index (χ4v) is 4.33. The van der Waals surface area contributed by atoms with E-state index >= 15 is 0 Å². The van der Waals surface area contributed by atoms with Crippen molar-refractivity contribution in [1.29, 1.82) is 0 Å². The van der Waals surface area contributed by atoms with Crippen molar-refractivity contribution in [2.24, 2.45) is 0 Å². The van der Waals surface area contributed by atoms with E-state index in [4.69, 9.17) is 11.6 Å². The Hall–Kier alpha value is -2.90. The molecule has 4 rings (SSSR count). The van der Waals surface area contributed by atoms with Gasteiger partial charge in [-0.05, 0) is 36.1 Å². The second-order valence-electron chi connectivity index (χ2n) is 7.45. The third kappa shape index (κ3) is 6.06. The molecule has 1 aliphatic carbocycles. The summed E-state index contributed by atoms with van der Waals surface area (Å²) in [4.78, 5) is 28.8. The molecule has 0 spiro atoms. The zero-order valence-corrected chi connectivity index (χ0v) is 18.4. The highest BCUT2D eigenvalue weighted by molar-refractivity contribution is 7.09. The highest BCUT2D eigenvalue weighted by atomic mass is 35.5. The Morgan fingerprint density at radius 1 is 1.10 bits per heavy atom. The number of hydrogen-bond donors (Lipinski definition) is 3. The normalized spacial score (nSPS) is 17.1. The molecule has 1 heterocycles. The van der Waals surface area contributed by atoms with Gasteiger partial charge in [-0.15, -0.1) is 11.3 Å². The summed E-state index contributed by atoms with van der Waals surface area (Å²) in [6.07, 6.45) is 1.64. The van der Waals surface area contributed by atoms with Crippen molar-refractivity contribution in [3.8, 4) is 0 Å². The first-order chi connectivity index (χ1) is 15.1. The Morgan fingerprint density at radius 2 is 1.94 bits per heavy atom. The molecule has 2 aromatic carbocycles. The molecule has 6 nitrogen and oxygen atoms in total. The quantitative estimate of drug-likeness (QED) is 0.478. The van der Waals surface area contributed by atoms with Gasteiger partial charge in [0, 0.05) is 28.9 Å². The van der Waals surface area contributed by atoms with E-state index in [-0.39, 0.29) is 24.5 Å². The number of carbonyl (C=O) groups is 2. The van der Waals surface area contributed by atoms with Crippen LogP contribution in [-0.4, -0.2) is 29.5 Å². The predicted octanol–water partition coefficient (Wildman–Crippen LogP) is 4.12. The minimum atomic E-state index is -0.224. The molecule has 3 amide bonds. The zero-order chi connectivity index (χ0) is 21.6. The van der Waals surface area contributed by atoms with Gasteiger partial charge in [0.25, 0.3) is 5.91 Å². The number of urea groups is 1. The van der Waals surface area contributed by atoms with E-state index in [9.17, 15) is 9.59 Å². The second kappa shape index (κ2) is 9.94. The molecule has 1 fully saturated rings. The van der Waals surface area contributed by atoms with Crippen LogP contribution in [0.2, 0.25) is 5.02 Å². The van der Waals surface area contributed by atoms with Crippen LogP contribution in [0.4, 0.5) is 4.79 Å². The smallest absolute Gasteiger partial charge is 0.315 e. The van der Waals surface area contributed by atoms with E-state index < -0.39 is 0 Å². The van der Waals surface area contributed by atoms with Crippen molar-refractivity contribution < 1.29 is 9.59 Å². The summed E-state index contributed by atoms with van der Waals surface area (Å²) in [5, 5.41) is 11.7. The van der Waals surface area contributed by atoms with Gasteiger partial charge in [-0.3, -0.25) is 4.79 Å². The van der Waals surface area contributed by atoms with E-state index in [0.29, 0.717) is 34.6 Å². The summed E-state index contributed by atoms with van der Waals surface area (Å²) in [6, 6.07) is 17.7. The number of carbonyl (C=O) groups excluding carboxylic acids is 2. The first kappa shape index (κ1) is 21.3. The number of halogens is 1. The van der Waals surface area contributed by atoms with Gasteiger partial charge in [0.2, 0.25) is 0 Å². The van der Waals surface area contributed by atoms with E-state index in [1.54, 1.807) is 5.38 Å². The van der Waals surface area contributed by atoms with Gasteiger partial charge in [-0.1, -0.05) is 54.1 Å². The summed E-state index contributed by atoms with van der Waals surface area (Å²) >= 11 is 7.32. The predicted molar refractivity (Wildman–Crippen MR) is 123 cm³/mol. The summed E-state index contributed by atoms with van der Waals surface area (Å²) in [7, 11) is 0. The van der Waals surface area contributed by atoms with Crippen LogP contribution in [0.25, 0.3) is 0 Å². The maximum atomic E-state index is 12.3. The van der Waals surface area contributed by atoms with E-state index in [2.05, 4.69) is 33.1 Å². The number of rotatable bonds is 8. The minimum Gasteiger partial charge on any atom is -0.350 e. The van der Waals surface area contributed by atoms with Crippen LogP contribution in [0.5, 0.6) is 0 Å². The second-order valence-corrected chi connectivity index (χ2v) is 8.83. The Kier molecular flexibility index (Phi) is 6.84. The average Bonchev–Trinajstić information content (AvgIpc) is 3.36. The minimum absolute atomic E-state index is 0.166. The molecule has 1 saturated carbocycles. The molecule has 2 atom stereocenters. The first-order valence-corrected chi connectivity index (χ1v) is 11.4. The van der Waals surface area contributed by atoms with Gasteiger partial charge in [-0.25, -0.2) is 9.78 Å². The molecule has 1 aromatic heterocycles. The molecule has 8 heteroatoms. The van der Waals surface area contributed by atoms with E-state index in [0.717, 1.165) is 12.0 Å². The number of hydrogen-bond acceptors (Lipinski definition) is 4. The lowest BCUT2D eigenvalue weighted by Gasteiger charge is -2.06. The van der Waals surface area contributed by atoms with Gasteiger partial charge in [0.15, 0.2) is 0 Å². The summed E-state index contributed by atoms with van der Waals surface area (Å²) in [5.74, 6) is 0.159. The molecule has 3 N–H and O–H groups in total. The lowest BCUT2D eigenvalue weighted by molar-refractivity contribution is 0.0949. The average molecular weight is 455 g/mol. The van der Waals surface area contributed by atoms with Gasteiger partial charge in [0.05, 0.1) is 6.54 Å². The number of thiazole rings is 1. The fraction of sp³-hybridized carbons (Fsp3) is 0.261. The lowest BCUT2D eigenvalue weighted by atomic mass is 10.1. The molecule has 31 heavy (non-hydrogen) atoms. The molecule has 160 valence electrons. The molecular weight excluding hydrogens is 432 g/mol. The third-order valence-electron chi connectivity index (χ3n) is 5.11. The molecule has 0 unspecified atom stereocenters. The molecular formula is C23H23ClN4O2S. The highest BCUT2D eigenvalue weighted by Gasteiger charge is 2.39. The number of aromatic nitrogens is 1. The van der Waals surface area contributed by atoms with Crippen molar-refractivity contribution >= 4 is 34.9 Å². The van der Waals surface area contributed by atoms with Crippen molar-refractivity contribution in [3.63, 3.8) is 0 Å². The van der Waals surface area contributed by atoms with Crippen molar-refractivity contribution in [3.05, 3.63) is 86.8 Å². The number of nitrogens with one attached hydrogen (secondary N) is 3. The maximum Gasteiger partial charge on any atom is 0.315 e. The molecule has 1 aliphatic rings. The molecule has 0 saturated heterocycles. The van der Waals surface area contributed by atoms with E-state index in [1.807, 2.05) is 42.5 Å². The van der Waals surface area contributed by atoms with Crippen molar-refractivity contribution in [2.45, 2.75) is 31.3 Å². The van der Waals surface area contributed by atoms with Crippen LogP contribution in [0, 0.1) is 0 Å². The number of amides is 3. The Labute approximate surface area is 190 Å². The van der Waals surface area contributed by atoms with Gasteiger partial charge < -0.3 is 16.0 Å². The Morgan fingerprint density at radius 3 is 2.74 bits per heavy atom. The van der Waals surface area contributed by atoms with Crippen LogP contribution in [0.1, 0.15) is 39.0 Å². The standard InChI is InChI=1S/C23H23ClN4O2S/c24-17-8-4-5-15(11-17)9-10-25-22(29)20-14-31-21(27-20)13-26-23(30)28-19-12-18(19)16-6-2-1-3-7-16/h1-8,11,14,18-19H,9-10,12-13H2,(H,25,29)(H2,26,28,30)/t18-,19+/m0/s1. The molecule has 3 aromatic rings. The summed E-state index contributed by atoms with van der Waals surface area (Å²) in [5.41, 5.74) is 2.67. The van der Waals surface area contributed by atoms with Crippen LogP contribution in [0.3, 0.4) is 0 Å². The van der Waals surface area contributed by atoms with Crippen LogP contribution >= 0.6 is 22.9 Å². The Bertz CT molecular complexity index is 1060. The van der Waals surface area contributed by atoms with Gasteiger partial charge in [-0.2, -0.15) is 0 Å². The maximum absolute atomic E-state index is 12.3. The van der Waals surface area contributed by atoms with Crippen molar-refractivity contribution in [2.75, 3.05) is 6.54 Å². The summed E-state index contributed by atoms with van der Waals surface area (Å²) < 4.78 is 0. The SMILES string of the molecule is O=C(NCc1nc(C(=O)NCCc2cccc(Cl)c2)cs1)N[C@@H]1C[C@H]1c1ccccc1.